The van der Waals surface area contributed by atoms with Crippen molar-refractivity contribution in [1.29, 1.82) is 0 Å². The molecule has 104 valence electrons. The lowest BCUT2D eigenvalue weighted by molar-refractivity contribution is 0.0929. The first kappa shape index (κ1) is 13.8. The van der Waals surface area contributed by atoms with Crippen LogP contribution in [0.3, 0.4) is 0 Å². The molecular formula is C14H20N2O3. The van der Waals surface area contributed by atoms with Gasteiger partial charge < -0.3 is 20.5 Å². The van der Waals surface area contributed by atoms with Crippen LogP contribution < -0.4 is 15.4 Å². The third-order valence-electron chi connectivity index (χ3n) is 3.32. The molecule has 5 nitrogen and oxygen atoms in total. The molecule has 1 saturated heterocycles. The van der Waals surface area contributed by atoms with Gasteiger partial charge in [-0.1, -0.05) is 0 Å². The Morgan fingerprint density at radius 1 is 1.42 bits per heavy atom. The highest BCUT2D eigenvalue weighted by Gasteiger charge is 2.17. The van der Waals surface area contributed by atoms with Crippen LogP contribution in [0.1, 0.15) is 28.8 Å². The largest absolute Gasteiger partial charge is 0.497 e. The molecule has 1 aliphatic heterocycles. The van der Waals surface area contributed by atoms with Gasteiger partial charge >= 0.3 is 0 Å². The number of rotatable bonds is 4. The van der Waals surface area contributed by atoms with Crippen molar-refractivity contribution in [2.24, 2.45) is 0 Å². The lowest BCUT2D eigenvalue weighted by Crippen LogP contribution is -2.42. The van der Waals surface area contributed by atoms with Crippen molar-refractivity contribution in [3.8, 4) is 5.75 Å². The molecule has 0 aliphatic carbocycles. The number of aliphatic hydroxyl groups is 1. The minimum absolute atomic E-state index is 0.106. The fourth-order valence-corrected chi connectivity index (χ4v) is 2.24. The van der Waals surface area contributed by atoms with Crippen molar-refractivity contribution in [3.05, 3.63) is 29.3 Å². The third kappa shape index (κ3) is 3.68. The predicted molar refractivity (Wildman–Crippen MR) is 72.3 cm³/mol. The van der Waals surface area contributed by atoms with Crippen LogP contribution in [0.5, 0.6) is 5.75 Å². The summed E-state index contributed by atoms with van der Waals surface area (Å²) in [5.74, 6) is 0.475. The van der Waals surface area contributed by atoms with Gasteiger partial charge in [0.25, 0.3) is 5.91 Å². The summed E-state index contributed by atoms with van der Waals surface area (Å²) < 4.78 is 5.14. The molecule has 0 radical (unpaired) electrons. The van der Waals surface area contributed by atoms with E-state index in [1.165, 1.54) is 0 Å². The number of aliphatic hydroxyl groups excluding tert-OH is 1. The van der Waals surface area contributed by atoms with Crippen LogP contribution in [0.25, 0.3) is 0 Å². The van der Waals surface area contributed by atoms with Gasteiger partial charge in [0, 0.05) is 11.6 Å². The van der Waals surface area contributed by atoms with Crippen LogP contribution in [0.15, 0.2) is 18.2 Å². The normalized spacial score (nSPS) is 16.1. The van der Waals surface area contributed by atoms with Crippen molar-refractivity contribution in [1.82, 2.24) is 10.6 Å². The average molecular weight is 264 g/mol. The van der Waals surface area contributed by atoms with Gasteiger partial charge in [-0.15, -0.1) is 0 Å². The van der Waals surface area contributed by atoms with Crippen LogP contribution >= 0.6 is 0 Å². The number of benzene rings is 1. The zero-order valence-corrected chi connectivity index (χ0v) is 11.1. The van der Waals surface area contributed by atoms with Gasteiger partial charge in [-0.05, 0) is 49.7 Å². The van der Waals surface area contributed by atoms with E-state index in [1.54, 1.807) is 25.3 Å². The Labute approximate surface area is 113 Å². The van der Waals surface area contributed by atoms with E-state index in [0.717, 1.165) is 25.9 Å². The number of carbonyl (C=O) groups excluding carboxylic acids is 1. The van der Waals surface area contributed by atoms with Crippen LogP contribution in [0.4, 0.5) is 0 Å². The highest BCUT2D eigenvalue weighted by atomic mass is 16.5. The van der Waals surface area contributed by atoms with Gasteiger partial charge in [0.05, 0.1) is 13.7 Å². The Morgan fingerprint density at radius 2 is 2.16 bits per heavy atom. The second kappa shape index (κ2) is 6.54. The minimum atomic E-state index is -0.111. The molecule has 0 unspecified atom stereocenters. The molecule has 1 aliphatic rings. The van der Waals surface area contributed by atoms with E-state index >= 15 is 0 Å². The molecule has 5 heteroatoms. The average Bonchev–Trinajstić information content (AvgIpc) is 2.47. The molecule has 1 fully saturated rings. The first-order chi connectivity index (χ1) is 9.22. The first-order valence-corrected chi connectivity index (χ1v) is 6.53. The van der Waals surface area contributed by atoms with Crippen LogP contribution in [0, 0.1) is 0 Å². The Balaban J connectivity index is 2.08. The lowest BCUT2D eigenvalue weighted by atomic mass is 10.1. The molecule has 0 atom stereocenters. The summed E-state index contributed by atoms with van der Waals surface area (Å²) in [7, 11) is 1.55. The number of amides is 1. The van der Waals surface area contributed by atoms with E-state index in [-0.39, 0.29) is 18.6 Å². The standard InChI is InChI=1S/C14H20N2O3/c1-19-13-7-10(9-17)6-11(8-13)14(18)16-12-2-4-15-5-3-12/h6-8,12,15,17H,2-5,9H2,1H3,(H,16,18). The maximum Gasteiger partial charge on any atom is 0.251 e. The number of methoxy groups -OCH3 is 1. The Bertz CT molecular complexity index is 420. The maximum atomic E-state index is 12.2. The van der Waals surface area contributed by atoms with E-state index in [1.807, 2.05) is 0 Å². The van der Waals surface area contributed by atoms with Crippen LogP contribution in [0.2, 0.25) is 0 Å². The molecule has 19 heavy (non-hydrogen) atoms. The number of hydrogen-bond donors (Lipinski definition) is 3. The molecular weight excluding hydrogens is 244 g/mol. The number of carbonyl (C=O) groups is 1. The van der Waals surface area contributed by atoms with Gasteiger partial charge in [-0.3, -0.25) is 4.79 Å². The third-order valence-corrected chi connectivity index (χ3v) is 3.32. The number of hydrogen-bond acceptors (Lipinski definition) is 4. The molecule has 1 aromatic rings. The lowest BCUT2D eigenvalue weighted by Gasteiger charge is -2.23. The van der Waals surface area contributed by atoms with Crippen molar-refractivity contribution < 1.29 is 14.6 Å². The number of ether oxygens (including phenoxy) is 1. The van der Waals surface area contributed by atoms with E-state index in [0.29, 0.717) is 16.9 Å². The minimum Gasteiger partial charge on any atom is -0.497 e. The number of nitrogens with one attached hydrogen (secondary N) is 2. The van der Waals surface area contributed by atoms with Gasteiger partial charge in [0.1, 0.15) is 5.75 Å². The molecule has 0 aromatic heterocycles. The second-order valence-electron chi connectivity index (χ2n) is 4.73. The summed E-state index contributed by atoms with van der Waals surface area (Å²) in [5.41, 5.74) is 1.21. The molecule has 0 saturated carbocycles. The van der Waals surface area contributed by atoms with Gasteiger partial charge in [0.15, 0.2) is 0 Å². The van der Waals surface area contributed by atoms with Crippen LogP contribution in [-0.4, -0.2) is 37.3 Å². The molecule has 0 spiro atoms. The summed E-state index contributed by atoms with van der Waals surface area (Å²) in [4.78, 5) is 12.2. The quantitative estimate of drug-likeness (QED) is 0.747. The molecule has 1 aromatic carbocycles. The van der Waals surface area contributed by atoms with E-state index < -0.39 is 0 Å². The summed E-state index contributed by atoms with van der Waals surface area (Å²) in [5, 5.41) is 15.5. The number of piperidine rings is 1. The molecule has 0 bridgehead atoms. The SMILES string of the molecule is COc1cc(CO)cc(C(=O)NC2CCNCC2)c1. The summed E-state index contributed by atoms with van der Waals surface area (Å²) in [6, 6.07) is 5.33. The summed E-state index contributed by atoms with van der Waals surface area (Å²) in [6.07, 6.45) is 1.89. The first-order valence-electron chi connectivity index (χ1n) is 6.53. The Kier molecular flexibility index (Phi) is 4.76. The fraction of sp³-hybridized carbons (Fsp3) is 0.500. The van der Waals surface area contributed by atoms with E-state index in [9.17, 15) is 9.90 Å². The van der Waals surface area contributed by atoms with Crippen molar-refractivity contribution >= 4 is 5.91 Å². The van der Waals surface area contributed by atoms with Gasteiger partial charge in [-0.25, -0.2) is 0 Å². The van der Waals surface area contributed by atoms with Crippen LogP contribution in [-0.2, 0) is 6.61 Å². The van der Waals surface area contributed by atoms with Crippen molar-refractivity contribution in [2.45, 2.75) is 25.5 Å². The zero-order chi connectivity index (χ0) is 13.7. The molecule has 1 amide bonds. The second-order valence-corrected chi connectivity index (χ2v) is 4.73. The Morgan fingerprint density at radius 3 is 2.79 bits per heavy atom. The zero-order valence-electron chi connectivity index (χ0n) is 11.1. The maximum absolute atomic E-state index is 12.2. The summed E-state index contributed by atoms with van der Waals surface area (Å²) >= 11 is 0. The van der Waals surface area contributed by atoms with Gasteiger partial charge in [-0.2, -0.15) is 0 Å². The van der Waals surface area contributed by atoms with Crippen molar-refractivity contribution in [2.75, 3.05) is 20.2 Å². The van der Waals surface area contributed by atoms with Crippen molar-refractivity contribution in [3.63, 3.8) is 0 Å². The summed E-state index contributed by atoms with van der Waals surface area (Å²) in [6.45, 7) is 1.76. The monoisotopic (exact) mass is 264 g/mol. The highest BCUT2D eigenvalue weighted by molar-refractivity contribution is 5.95. The molecule has 1 heterocycles. The fourth-order valence-electron chi connectivity index (χ4n) is 2.24. The topological polar surface area (TPSA) is 70.6 Å². The Hall–Kier alpha value is -1.59. The van der Waals surface area contributed by atoms with E-state index in [2.05, 4.69) is 10.6 Å². The molecule has 2 rings (SSSR count). The predicted octanol–water partition coefficient (Wildman–Crippen LogP) is 0.669. The van der Waals surface area contributed by atoms with E-state index in [4.69, 9.17) is 4.74 Å². The smallest absolute Gasteiger partial charge is 0.251 e. The van der Waals surface area contributed by atoms with Gasteiger partial charge in [0.2, 0.25) is 0 Å². The highest BCUT2D eigenvalue weighted by Crippen LogP contribution is 2.17. The molecule has 3 N–H and O–H groups in total.